The predicted octanol–water partition coefficient (Wildman–Crippen LogP) is 3.50. The van der Waals surface area contributed by atoms with Crippen molar-refractivity contribution in [2.24, 2.45) is 0 Å². The molecule has 0 bridgehead atoms. The fourth-order valence-corrected chi connectivity index (χ4v) is 2.13. The maximum atomic E-state index is 5.26. The predicted molar refractivity (Wildman–Crippen MR) is 69.6 cm³/mol. The van der Waals surface area contributed by atoms with Crippen LogP contribution in [0.3, 0.4) is 0 Å². The highest BCUT2D eigenvalue weighted by molar-refractivity contribution is 7.72. The largest absolute Gasteiger partial charge is 0.346 e. The lowest BCUT2D eigenvalue weighted by molar-refractivity contribution is 1.27. The lowest BCUT2D eigenvalue weighted by Gasteiger charge is -2.01. The van der Waals surface area contributed by atoms with Gasteiger partial charge >= 0.3 is 0 Å². The molecular weight excluding hydrogens is 238 g/mol. The van der Waals surface area contributed by atoms with Crippen LogP contribution >= 0.6 is 24.4 Å². The van der Waals surface area contributed by atoms with E-state index >= 15 is 0 Å². The van der Waals surface area contributed by atoms with Crippen LogP contribution in [0.2, 0.25) is 0 Å². The van der Waals surface area contributed by atoms with Crippen molar-refractivity contribution >= 4 is 46.5 Å². The van der Waals surface area contributed by atoms with Crippen molar-refractivity contribution in [2.45, 2.75) is 0 Å². The summed E-state index contributed by atoms with van der Waals surface area (Å²) in [5, 5.41) is 1.85. The molecule has 2 N–H and O–H groups in total. The van der Waals surface area contributed by atoms with Gasteiger partial charge in [0.05, 0.1) is 9.02 Å². The first-order valence-corrected chi connectivity index (χ1v) is 5.57. The molecule has 3 aromatic heterocycles. The number of H-pyrrole nitrogens is 2. The smallest absolute Gasteiger partial charge is 0.141 e. The Balaban J connectivity index is 2.65. The van der Waals surface area contributed by atoms with E-state index in [1.165, 1.54) is 0 Å². The van der Waals surface area contributed by atoms with Gasteiger partial charge in [-0.25, -0.2) is 4.98 Å². The zero-order chi connectivity index (χ0) is 11.1. The summed E-state index contributed by atoms with van der Waals surface area (Å²) in [7, 11) is 0. The average Bonchev–Trinajstić information content (AvgIpc) is 2.28. The number of fused-ring (bicyclic) bond motifs is 2. The number of pyridine rings is 3. The van der Waals surface area contributed by atoms with Crippen molar-refractivity contribution in [3.63, 3.8) is 0 Å². The average molecular weight is 245 g/mol. The number of hydrogen-bond donors (Lipinski definition) is 2. The lowest BCUT2D eigenvalue weighted by Crippen LogP contribution is -1.88. The maximum absolute atomic E-state index is 5.26. The molecule has 0 aliphatic heterocycles. The molecule has 0 fully saturated rings. The van der Waals surface area contributed by atoms with Crippen molar-refractivity contribution in [3.05, 3.63) is 39.6 Å². The van der Waals surface area contributed by atoms with Crippen LogP contribution in [0.25, 0.3) is 22.1 Å². The van der Waals surface area contributed by atoms with E-state index in [2.05, 4.69) is 15.0 Å². The lowest BCUT2D eigenvalue weighted by atomic mass is 10.2. The molecule has 0 aromatic carbocycles. The molecule has 0 spiro atoms. The minimum Gasteiger partial charge on any atom is -0.346 e. The Hall–Kier alpha value is -1.59. The molecule has 3 heterocycles. The molecule has 0 saturated carbocycles. The zero-order valence-corrected chi connectivity index (χ0v) is 9.78. The van der Waals surface area contributed by atoms with Crippen LogP contribution in [0.1, 0.15) is 0 Å². The van der Waals surface area contributed by atoms with Gasteiger partial charge in [-0.2, -0.15) is 0 Å². The van der Waals surface area contributed by atoms with E-state index in [-0.39, 0.29) is 0 Å². The molecule has 0 aliphatic carbocycles. The second-order valence-electron chi connectivity index (χ2n) is 3.46. The summed E-state index contributed by atoms with van der Waals surface area (Å²) in [6.45, 7) is 0. The van der Waals surface area contributed by atoms with Crippen LogP contribution in [-0.4, -0.2) is 15.0 Å². The van der Waals surface area contributed by atoms with Crippen LogP contribution in [0, 0.1) is 9.02 Å². The van der Waals surface area contributed by atoms with Gasteiger partial charge < -0.3 is 9.97 Å². The molecule has 0 radical (unpaired) electrons. The second-order valence-corrected chi connectivity index (χ2v) is 4.34. The summed E-state index contributed by atoms with van der Waals surface area (Å²) < 4.78 is 1.56. The van der Waals surface area contributed by atoms with Gasteiger partial charge in [-0.05, 0) is 18.2 Å². The Morgan fingerprint density at radius 3 is 1.88 bits per heavy atom. The highest BCUT2D eigenvalue weighted by atomic mass is 32.1. The van der Waals surface area contributed by atoms with Crippen LogP contribution in [0.15, 0.2) is 30.6 Å². The summed E-state index contributed by atoms with van der Waals surface area (Å²) in [5.41, 5.74) is 1.55. The zero-order valence-electron chi connectivity index (χ0n) is 8.15. The Bertz CT molecular complexity index is 736. The number of nitrogens with zero attached hydrogens (tertiary/aromatic N) is 1. The monoisotopic (exact) mass is 245 g/mol. The van der Waals surface area contributed by atoms with Crippen molar-refractivity contribution < 1.29 is 0 Å². The van der Waals surface area contributed by atoms with Crippen LogP contribution in [0.4, 0.5) is 0 Å². The summed E-state index contributed by atoms with van der Waals surface area (Å²) in [5.74, 6) is 0. The topological polar surface area (TPSA) is 44.5 Å². The minimum absolute atomic E-state index is 0.775. The van der Waals surface area contributed by atoms with Crippen molar-refractivity contribution in [3.8, 4) is 0 Å². The fraction of sp³-hybridized carbons (Fsp3) is 0. The molecule has 3 aromatic rings. The Kier molecular flexibility index (Phi) is 2.08. The standard InChI is InChI=1S/C11H7N3S2/c15-8-1-3-12-10-6(8)5-7-9(16)2-4-13-11(7)14-10/h1-5H,(H2,12,13,14,15,16). The van der Waals surface area contributed by atoms with Gasteiger partial charge in [0, 0.05) is 23.2 Å². The van der Waals surface area contributed by atoms with Gasteiger partial charge in [0.15, 0.2) is 0 Å². The molecular formula is C11H7N3S2. The molecule has 0 amide bonds. The Labute approximate surface area is 101 Å². The number of hydrogen-bond acceptors (Lipinski definition) is 3. The summed E-state index contributed by atoms with van der Waals surface area (Å²) in [6, 6.07) is 5.68. The Morgan fingerprint density at radius 2 is 1.38 bits per heavy atom. The van der Waals surface area contributed by atoms with Gasteiger partial charge in [0.1, 0.15) is 11.3 Å². The molecule has 3 nitrogen and oxygen atoms in total. The molecule has 5 heteroatoms. The second kappa shape index (κ2) is 3.47. The summed E-state index contributed by atoms with van der Waals surface area (Å²) in [6.07, 6.45) is 3.59. The number of aromatic amines is 2. The molecule has 0 saturated heterocycles. The first-order chi connectivity index (χ1) is 7.75. The normalized spacial score (nSPS) is 11.0. The molecule has 0 atom stereocenters. The molecule has 3 rings (SSSR count). The van der Waals surface area contributed by atoms with Crippen molar-refractivity contribution in [1.82, 2.24) is 15.0 Å². The van der Waals surface area contributed by atoms with Gasteiger partial charge in [-0.15, -0.1) is 0 Å². The van der Waals surface area contributed by atoms with E-state index in [1.54, 1.807) is 12.4 Å². The maximum Gasteiger partial charge on any atom is 0.141 e. The third kappa shape index (κ3) is 1.36. The summed E-state index contributed by atoms with van der Waals surface area (Å²) in [4.78, 5) is 10.6. The van der Waals surface area contributed by atoms with Gasteiger partial charge in [0.2, 0.25) is 0 Å². The molecule has 0 unspecified atom stereocenters. The van der Waals surface area contributed by atoms with Gasteiger partial charge in [-0.3, -0.25) is 0 Å². The van der Waals surface area contributed by atoms with E-state index in [4.69, 9.17) is 24.4 Å². The summed E-state index contributed by atoms with van der Waals surface area (Å²) >= 11 is 10.5. The fourth-order valence-electron chi connectivity index (χ4n) is 1.68. The molecule has 78 valence electrons. The van der Waals surface area contributed by atoms with E-state index in [1.807, 2.05) is 18.2 Å². The first kappa shape index (κ1) is 9.62. The molecule has 16 heavy (non-hydrogen) atoms. The quantitative estimate of drug-likeness (QED) is 0.470. The van der Waals surface area contributed by atoms with E-state index < -0.39 is 0 Å². The van der Waals surface area contributed by atoms with E-state index in [0.29, 0.717) is 0 Å². The van der Waals surface area contributed by atoms with Crippen molar-refractivity contribution in [2.75, 3.05) is 0 Å². The molecule has 0 aliphatic rings. The Morgan fingerprint density at radius 1 is 0.875 bits per heavy atom. The number of nitrogens with one attached hydrogen (secondary N) is 2. The first-order valence-electron chi connectivity index (χ1n) is 4.75. The highest BCUT2D eigenvalue weighted by Crippen LogP contribution is 2.18. The third-order valence-electron chi connectivity index (χ3n) is 2.46. The van der Waals surface area contributed by atoms with E-state index in [9.17, 15) is 0 Å². The SMILES string of the molecule is S=c1cc[nH]c2nc3[nH]ccc(=S)c3cc12. The third-order valence-corrected chi connectivity index (χ3v) is 3.17. The number of aromatic nitrogens is 3. The van der Waals surface area contributed by atoms with Crippen LogP contribution in [-0.2, 0) is 0 Å². The van der Waals surface area contributed by atoms with Crippen molar-refractivity contribution in [1.29, 1.82) is 0 Å². The van der Waals surface area contributed by atoms with E-state index in [0.717, 1.165) is 31.1 Å². The van der Waals surface area contributed by atoms with Crippen LogP contribution in [0.5, 0.6) is 0 Å². The minimum atomic E-state index is 0.775. The van der Waals surface area contributed by atoms with Gasteiger partial charge in [-0.1, -0.05) is 24.4 Å². The van der Waals surface area contributed by atoms with Gasteiger partial charge in [0.25, 0.3) is 0 Å². The van der Waals surface area contributed by atoms with Crippen LogP contribution < -0.4 is 0 Å². The highest BCUT2D eigenvalue weighted by Gasteiger charge is 2.01. The number of rotatable bonds is 0.